The van der Waals surface area contributed by atoms with E-state index in [1.54, 1.807) is 24.3 Å². The number of carbonyl (C=O) groups is 1. The molecule has 66 valence electrons. The van der Waals surface area contributed by atoms with Crippen molar-refractivity contribution in [3.05, 3.63) is 29.3 Å². The van der Waals surface area contributed by atoms with Gasteiger partial charge in [0.15, 0.2) is 0 Å². The van der Waals surface area contributed by atoms with Crippen LogP contribution in [-0.2, 0) is 4.79 Å². The minimum Gasteiger partial charge on any atom is -0.508 e. The average Bonchev–Trinajstić information content (AvgIpc) is 2.16. The second kappa shape index (κ2) is 2.94. The fourth-order valence-electron chi connectivity index (χ4n) is 1.25. The van der Waals surface area contributed by atoms with Crippen molar-refractivity contribution in [2.24, 2.45) is 0 Å². The molecule has 1 aliphatic rings. The molecule has 0 aromatic heterocycles. The largest absolute Gasteiger partial charge is 0.508 e. The molecule has 0 atom stereocenters. The maximum Gasteiger partial charge on any atom is 0.149 e. The van der Waals surface area contributed by atoms with Crippen molar-refractivity contribution in [1.29, 1.82) is 0 Å². The Bertz CT molecular complexity index is 380. The van der Waals surface area contributed by atoms with Gasteiger partial charge in [-0.05, 0) is 24.3 Å². The zero-order valence-electron chi connectivity index (χ0n) is 6.86. The number of hydrogen-bond donors (Lipinski definition) is 1. The molecule has 1 N–H and O–H groups in total. The minimum atomic E-state index is 0.172. The quantitative estimate of drug-likeness (QED) is 0.657. The van der Waals surface area contributed by atoms with E-state index in [-0.39, 0.29) is 5.75 Å². The number of ether oxygens (including phenoxy) is 1. The molecule has 0 unspecified atom stereocenters. The van der Waals surface area contributed by atoms with Crippen LogP contribution in [0.3, 0.4) is 0 Å². The molecular formula is C10H8O3. The maximum atomic E-state index is 10.4. The van der Waals surface area contributed by atoms with Crippen LogP contribution in [0.25, 0.3) is 6.08 Å². The van der Waals surface area contributed by atoms with Gasteiger partial charge in [0, 0.05) is 11.1 Å². The maximum absolute atomic E-state index is 10.4. The molecule has 2 rings (SSSR count). The van der Waals surface area contributed by atoms with Gasteiger partial charge in [-0.1, -0.05) is 0 Å². The van der Waals surface area contributed by atoms with E-state index in [2.05, 4.69) is 0 Å². The number of phenolic OH excluding ortho intramolecular Hbond substituents is 1. The van der Waals surface area contributed by atoms with E-state index in [4.69, 9.17) is 4.74 Å². The molecule has 13 heavy (non-hydrogen) atoms. The molecule has 0 bridgehead atoms. The third-order valence-corrected chi connectivity index (χ3v) is 1.88. The first-order chi connectivity index (χ1) is 6.29. The Labute approximate surface area is 75.3 Å². The van der Waals surface area contributed by atoms with Crippen LogP contribution < -0.4 is 4.74 Å². The highest BCUT2D eigenvalue weighted by Crippen LogP contribution is 2.28. The summed E-state index contributed by atoms with van der Waals surface area (Å²) >= 11 is 0. The van der Waals surface area contributed by atoms with Crippen LogP contribution in [-0.4, -0.2) is 18.0 Å². The SMILES string of the molecule is O=CC1=Cc2cc(O)ccc2OC1. The lowest BCUT2D eigenvalue weighted by molar-refractivity contribution is -0.105. The Morgan fingerprint density at radius 3 is 3.08 bits per heavy atom. The van der Waals surface area contributed by atoms with Gasteiger partial charge < -0.3 is 9.84 Å². The number of benzene rings is 1. The Hall–Kier alpha value is -1.77. The molecule has 3 nitrogen and oxygen atoms in total. The highest BCUT2D eigenvalue weighted by molar-refractivity contribution is 5.84. The van der Waals surface area contributed by atoms with Crippen LogP contribution in [0.15, 0.2) is 23.8 Å². The molecule has 1 aromatic rings. The summed E-state index contributed by atoms with van der Waals surface area (Å²) in [5.41, 5.74) is 1.33. The molecule has 1 aromatic carbocycles. The number of carbonyl (C=O) groups excluding carboxylic acids is 1. The van der Waals surface area contributed by atoms with E-state index in [0.29, 0.717) is 17.9 Å². The molecule has 0 saturated carbocycles. The molecule has 1 heterocycles. The topological polar surface area (TPSA) is 46.5 Å². The van der Waals surface area contributed by atoms with Crippen molar-refractivity contribution < 1.29 is 14.6 Å². The van der Waals surface area contributed by atoms with E-state index >= 15 is 0 Å². The number of aromatic hydroxyl groups is 1. The molecule has 0 radical (unpaired) electrons. The third-order valence-electron chi connectivity index (χ3n) is 1.88. The predicted molar refractivity (Wildman–Crippen MR) is 47.6 cm³/mol. The predicted octanol–water partition coefficient (Wildman–Crippen LogP) is 1.37. The summed E-state index contributed by atoms with van der Waals surface area (Å²) in [5, 5.41) is 9.17. The summed E-state index contributed by atoms with van der Waals surface area (Å²) < 4.78 is 5.27. The summed E-state index contributed by atoms with van der Waals surface area (Å²) in [6, 6.07) is 4.80. The van der Waals surface area contributed by atoms with Crippen molar-refractivity contribution in [3.63, 3.8) is 0 Å². The third kappa shape index (κ3) is 1.40. The summed E-state index contributed by atoms with van der Waals surface area (Å²) in [5.74, 6) is 0.870. The smallest absolute Gasteiger partial charge is 0.149 e. The lowest BCUT2D eigenvalue weighted by Crippen LogP contribution is -2.07. The first-order valence-corrected chi connectivity index (χ1v) is 3.91. The zero-order chi connectivity index (χ0) is 9.26. The van der Waals surface area contributed by atoms with Crippen LogP contribution >= 0.6 is 0 Å². The van der Waals surface area contributed by atoms with E-state index in [1.807, 2.05) is 0 Å². The summed E-state index contributed by atoms with van der Waals surface area (Å²) in [7, 11) is 0. The van der Waals surface area contributed by atoms with Gasteiger partial charge in [-0.25, -0.2) is 0 Å². The lowest BCUT2D eigenvalue weighted by atomic mass is 10.1. The lowest BCUT2D eigenvalue weighted by Gasteiger charge is -2.14. The van der Waals surface area contributed by atoms with Crippen molar-refractivity contribution in [2.75, 3.05) is 6.61 Å². The molecule has 0 spiro atoms. The number of hydrogen-bond acceptors (Lipinski definition) is 3. The van der Waals surface area contributed by atoms with Gasteiger partial charge in [-0.3, -0.25) is 4.79 Å². The van der Waals surface area contributed by atoms with E-state index in [9.17, 15) is 9.90 Å². The summed E-state index contributed by atoms with van der Waals surface area (Å²) in [6.45, 7) is 0.307. The molecular weight excluding hydrogens is 168 g/mol. The number of phenols is 1. The van der Waals surface area contributed by atoms with Gasteiger partial charge in [-0.2, -0.15) is 0 Å². The average molecular weight is 176 g/mol. The summed E-state index contributed by atoms with van der Waals surface area (Å²) in [4.78, 5) is 10.4. The Morgan fingerprint density at radius 2 is 2.31 bits per heavy atom. The monoisotopic (exact) mass is 176 g/mol. The Kier molecular flexibility index (Phi) is 1.77. The Morgan fingerprint density at radius 1 is 1.46 bits per heavy atom. The van der Waals surface area contributed by atoms with Crippen LogP contribution in [0, 0.1) is 0 Å². The standard InChI is InChI=1S/C10H8O3/c11-5-7-3-8-4-9(12)1-2-10(8)13-6-7/h1-5,12H,6H2. The molecule has 0 aliphatic carbocycles. The van der Waals surface area contributed by atoms with Crippen LogP contribution in [0.2, 0.25) is 0 Å². The second-order valence-electron chi connectivity index (χ2n) is 2.85. The number of fused-ring (bicyclic) bond motifs is 1. The molecule has 0 saturated heterocycles. The highest BCUT2D eigenvalue weighted by atomic mass is 16.5. The van der Waals surface area contributed by atoms with E-state index < -0.39 is 0 Å². The van der Waals surface area contributed by atoms with Gasteiger partial charge in [-0.15, -0.1) is 0 Å². The van der Waals surface area contributed by atoms with Crippen LogP contribution in [0.4, 0.5) is 0 Å². The Balaban J connectivity index is 2.49. The van der Waals surface area contributed by atoms with Crippen LogP contribution in [0.1, 0.15) is 5.56 Å². The molecule has 1 aliphatic heterocycles. The van der Waals surface area contributed by atoms with Gasteiger partial charge in [0.1, 0.15) is 24.4 Å². The fraction of sp³-hybridized carbons (Fsp3) is 0.100. The van der Waals surface area contributed by atoms with E-state index in [1.165, 1.54) is 0 Å². The van der Waals surface area contributed by atoms with Crippen molar-refractivity contribution >= 4 is 12.4 Å². The second-order valence-corrected chi connectivity index (χ2v) is 2.85. The van der Waals surface area contributed by atoms with E-state index in [0.717, 1.165) is 11.8 Å². The highest BCUT2D eigenvalue weighted by Gasteiger charge is 2.10. The minimum absolute atomic E-state index is 0.172. The molecule has 0 amide bonds. The van der Waals surface area contributed by atoms with Crippen molar-refractivity contribution in [3.8, 4) is 11.5 Å². The van der Waals surface area contributed by atoms with Gasteiger partial charge in [0.25, 0.3) is 0 Å². The van der Waals surface area contributed by atoms with Gasteiger partial charge in [0.05, 0.1) is 0 Å². The van der Waals surface area contributed by atoms with Crippen molar-refractivity contribution in [1.82, 2.24) is 0 Å². The normalized spacial score (nSPS) is 14.0. The molecule has 0 fully saturated rings. The zero-order valence-corrected chi connectivity index (χ0v) is 6.86. The van der Waals surface area contributed by atoms with Gasteiger partial charge >= 0.3 is 0 Å². The fourth-order valence-corrected chi connectivity index (χ4v) is 1.25. The summed E-state index contributed by atoms with van der Waals surface area (Å²) in [6.07, 6.45) is 2.47. The first-order valence-electron chi connectivity index (χ1n) is 3.91. The number of rotatable bonds is 1. The van der Waals surface area contributed by atoms with Gasteiger partial charge in [0.2, 0.25) is 0 Å². The van der Waals surface area contributed by atoms with Crippen molar-refractivity contribution in [2.45, 2.75) is 0 Å². The first kappa shape index (κ1) is 7.86. The number of aldehydes is 1. The van der Waals surface area contributed by atoms with Crippen LogP contribution in [0.5, 0.6) is 11.5 Å². The molecule has 3 heteroatoms.